The van der Waals surface area contributed by atoms with E-state index in [1.807, 2.05) is 0 Å². The van der Waals surface area contributed by atoms with E-state index >= 15 is 0 Å². The molecule has 2 aliphatic rings. The standard InChI is InChI=1S/C14H21NO3/c16-14(5-8-17-9-6-14)10-15-12-2-1-3-13-11(12)4-7-18-13/h4,7,12,15-16H,1-3,5-6,8-10H2. The maximum Gasteiger partial charge on any atom is 0.108 e. The van der Waals surface area contributed by atoms with Crippen molar-refractivity contribution in [2.75, 3.05) is 19.8 Å². The van der Waals surface area contributed by atoms with Gasteiger partial charge in [-0.05, 0) is 18.9 Å². The topological polar surface area (TPSA) is 54.6 Å². The molecule has 4 nitrogen and oxygen atoms in total. The van der Waals surface area contributed by atoms with Crippen LogP contribution in [-0.4, -0.2) is 30.5 Å². The normalized spacial score (nSPS) is 26.8. The van der Waals surface area contributed by atoms with Crippen molar-refractivity contribution in [3.05, 3.63) is 23.7 Å². The molecule has 0 radical (unpaired) electrons. The molecule has 100 valence electrons. The van der Waals surface area contributed by atoms with Crippen molar-refractivity contribution in [3.63, 3.8) is 0 Å². The fourth-order valence-electron chi connectivity index (χ4n) is 2.94. The Morgan fingerprint density at radius 1 is 1.39 bits per heavy atom. The monoisotopic (exact) mass is 251 g/mol. The first-order chi connectivity index (χ1) is 8.77. The Hall–Kier alpha value is -0.840. The summed E-state index contributed by atoms with van der Waals surface area (Å²) in [5.74, 6) is 1.11. The molecule has 4 heteroatoms. The summed E-state index contributed by atoms with van der Waals surface area (Å²) in [6.07, 6.45) is 6.54. The van der Waals surface area contributed by atoms with Crippen molar-refractivity contribution in [2.24, 2.45) is 0 Å². The highest BCUT2D eigenvalue weighted by Crippen LogP contribution is 2.31. The van der Waals surface area contributed by atoms with E-state index in [0.29, 0.717) is 25.8 Å². The zero-order valence-electron chi connectivity index (χ0n) is 10.7. The zero-order valence-corrected chi connectivity index (χ0v) is 10.7. The zero-order chi connectivity index (χ0) is 12.4. The van der Waals surface area contributed by atoms with Crippen LogP contribution in [-0.2, 0) is 11.2 Å². The van der Waals surface area contributed by atoms with E-state index in [1.54, 1.807) is 6.26 Å². The first-order valence-electron chi connectivity index (χ1n) is 6.87. The number of aliphatic hydroxyl groups is 1. The van der Waals surface area contributed by atoms with Gasteiger partial charge in [0.15, 0.2) is 0 Å². The molecule has 2 N–H and O–H groups in total. The van der Waals surface area contributed by atoms with Crippen LogP contribution in [0, 0.1) is 0 Å². The molecule has 1 aliphatic heterocycles. The molecule has 1 atom stereocenters. The van der Waals surface area contributed by atoms with Gasteiger partial charge in [0.1, 0.15) is 5.76 Å². The molecular formula is C14H21NO3. The third-order valence-corrected chi connectivity index (χ3v) is 4.15. The minimum absolute atomic E-state index is 0.333. The molecule has 0 aromatic carbocycles. The van der Waals surface area contributed by atoms with Crippen molar-refractivity contribution in [2.45, 2.75) is 43.7 Å². The fourth-order valence-corrected chi connectivity index (χ4v) is 2.94. The molecular weight excluding hydrogens is 230 g/mol. The SMILES string of the molecule is OC1(CNC2CCCc3occc32)CCOCC1. The highest BCUT2D eigenvalue weighted by molar-refractivity contribution is 5.24. The smallest absolute Gasteiger partial charge is 0.108 e. The number of nitrogens with one attached hydrogen (secondary N) is 1. The van der Waals surface area contributed by atoms with Gasteiger partial charge in [0.2, 0.25) is 0 Å². The molecule has 1 saturated heterocycles. The Bertz CT molecular complexity index is 395. The molecule has 3 rings (SSSR count). The van der Waals surface area contributed by atoms with Crippen LogP contribution in [0.1, 0.15) is 43.0 Å². The van der Waals surface area contributed by atoms with Crippen LogP contribution in [0.15, 0.2) is 16.7 Å². The van der Waals surface area contributed by atoms with Gasteiger partial charge in [-0.15, -0.1) is 0 Å². The van der Waals surface area contributed by atoms with E-state index in [2.05, 4.69) is 11.4 Å². The summed E-state index contributed by atoms with van der Waals surface area (Å²) in [7, 11) is 0. The second kappa shape index (κ2) is 5.03. The predicted molar refractivity (Wildman–Crippen MR) is 67.4 cm³/mol. The summed E-state index contributed by atoms with van der Waals surface area (Å²) in [4.78, 5) is 0. The Morgan fingerprint density at radius 2 is 2.22 bits per heavy atom. The molecule has 1 aliphatic carbocycles. The van der Waals surface area contributed by atoms with Gasteiger partial charge in [0, 0.05) is 50.6 Å². The molecule has 1 aromatic rings. The number of rotatable bonds is 3. The molecule has 0 amide bonds. The van der Waals surface area contributed by atoms with Crippen LogP contribution in [0.2, 0.25) is 0 Å². The van der Waals surface area contributed by atoms with Gasteiger partial charge in [-0.2, -0.15) is 0 Å². The number of hydrogen-bond acceptors (Lipinski definition) is 4. The molecule has 0 bridgehead atoms. The van der Waals surface area contributed by atoms with E-state index in [-0.39, 0.29) is 0 Å². The van der Waals surface area contributed by atoms with E-state index in [4.69, 9.17) is 9.15 Å². The summed E-state index contributed by atoms with van der Waals surface area (Å²) in [6.45, 7) is 1.98. The van der Waals surface area contributed by atoms with Crippen molar-refractivity contribution in [1.29, 1.82) is 0 Å². The van der Waals surface area contributed by atoms with Crippen LogP contribution in [0.3, 0.4) is 0 Å². The summed E-state index contributed by atoms with van der Waals surface area (Å²) >= 11 is 0. The van der Waals surface area contributed by atoms with Crippen LogP contribution < -0.4 is 5.32 Å². The van der Waals surface area contributed by atoms with Crippen LogP contribution >= 0.6 is 0 Å². The van der Waals surface area contributed by atoms with Gasteiger partial charge in [-0.3, -0.25) is 0 Å². The summed E-state index contributed by atoms with van der Waals surface area (Å²) in [5, 5.41) is 13.9. The third-order valence-electron chi connectivity index (χ3n) is 4.15. The summed E-state index contributed by atoms with van der Waals surface area (Å²) in [6, 6.07) is 2.39. The first kappa shape index (κ1) is 12.2. The van der Waals surface area contributed by atoms with Gasteiger partial charge in [0.25, 0.3) is 0 Å². The lowest BCUT2D eigenvalue weighted by atomic mass is 9.90. The fraction of sp³-hybridized carbons (Fsp3) is 0.714. The van der Waals surface area contributed by atoms with Crippen LogP contribution in [0.25, 0.3) is 0 Å². The quantitative estimate of drug-likeness (QED) is 0.860. The van der Waals surface area contributed by atoms with Gasteiger partial charge in [-0.1, -0.05) is 0 Å². The van der Waals surface area contributed by atoms with E-state index in [1.165, 1.54) is 5.56 Å². The van der Waals surface area contributed by atoms with Crippen molar-refractivity contribution >= 4 is 0 Å². The molecule has 2 heterocycles. The Labute approximate surface area is 107 Å². The molecule has 1 unspecified atom stereocenters. The Morgan fingerprint density at radius 3 is 3.06 bits per heavy atom. The van der Waals surface area contributed by atoms with E-state index < -0.39 is 5.60 Å². The lowest BCUT2D eigenvalue weighted by molar-refractivity contribution is -0.0630. The maximum atomic E-state index is 10.4. The van der Waals surface area contributed by atoms with E-state index in [0.717, 1.165) is 37.9 Å². The largest absolute Gasteiger partial charge is 0.469 e. The predicted octanol–water partition coefficient (Wildman–Crippen LogP) is 1.79. The van der Waals surface area contributed by atoms with Gasteiger partial charge >= 0.3 is 0 Å². The number of fused-ring (bicyclic) bond motifs is 1. The molecule has 0 spiro atoms. The van der Waals surface area contributed by atoms with Crippen LogP contribution in [0.4, 0.5) is 0 Å². The maximum absolute atomic E-state index is 10.4. The Kier molecular flexibility index (Phi) is 3.41. The average molecular weight is 251 g/mol. The highest BCUT2D eigenvalue weighted by atomic mass is 16.5. The van der Waals surface area contributed by atoms with Crippen LogP contribution in [0.5, 0.6) is 0 Å². The second-order valence-electron chi connectivity index (χ2n) is 5.46. The van der Waals surface area contributed by atoms with Gasteiger partial charge < -0.3 is 19.6 Å². The first-order valence-corrected chi connectivity index (χ1v) is 6.87. The lowest BCUT2D eigenvalue weighted by Gasteiger charge is -2.34. The number of ether oxygens (including phenoxy) is 1. The van der Waals surface area contributed by atoms with Crippen molar-refractivity contribution < 1.29 is 14.3 Å². The molecule has 1 fully saturated rings. The summed E-state index contributed by atoms with van der Waals surface area (Å²) in [5.41, 5.74) is 0.677. The van der Waals surface area contributed by atoms with Crippen molar-refractivity contribution in [3.8, 4) is 0 Å². The number of furan rings is 1. The third kappa shape index (κ3) is 2.46. The van der Waals surface area contributed by atoms with Gasteiger partial charge in [-0.25, -0.2) is 0 Å². The minimum Gasteiger partial charge on any atom is -0.469 e. The number of aryl methyl sites for hydroxylation is 1. The summed E-state index contributed by atoms with van der Waals surface area (Å²) < 4.78 is 10.8. The average Bonchev–Trinajstić information content (AvgIpc) is 2.86. The second-order valence-corrected chi connectivity index (χ2v) is 5.46. The van der Waals surface area contributed by atoms with Crippen molar-refractivity contribution in [1.82, 2.24) is 5.32 Å². The number of hydrogen-bond donors (Lipinski definition) is 2. The minimum atomic E-state index is -0.598. The molecule has 1 aromatic heterocycles. The highest BCUT2D eigenvalue weighted by Gasteiger charge is 2.31. The lowest BCUT2D eigenvalue weighted by Crippen LogP contribution is -2.46. The molecule has 18 heavy (non-hydrogen) atoms. The Balaban J connectivity index is 1.61. The van der Waals surface area contributed by atoms with Gasteiger partial charge in [0.05, 0.1) is 11.9 Å². The van der Waals surface area contributed by atoms with E-state index in [9.17, 15) is 5.11 Å². The molecule has 0 saturated carbocycles.